The number of hydrogen-bond donors (Lipinski definition) is 2. The van der Waals surface area contributed by atoms with Crippen LogP contribution in [-0.4, -0.2) is 42.9 Å². The van der Waals surface area contributed by atoms with Gasteiger partial charge in [0.15, 0.2) is 0 Å². The fourth-order valence-electron chi connectivity index (χ4n) is 2.83. The van der Waals surface area contributed by atoms with E-state index < -0.39 is 0 Å². The van der Waals surface area contributed by atoms with E-state index in [-0.39, 0.29) is 11.8 Å². The molecule has 1 saturated heterocycles. The number of nitrogens with one attached hydrogen (secondary N) is 2. The van der Waals surface area contributed by atoms with Crippen LogP contribution in [0.25, 0.3) is 0 Å². The first-order valence-electron chi connectivity index (χ1n) is 7.17. The summed E-state index contributed by atoms with van der Waals surface area (Å²) < 4.78 is 0. The smallest absolute Gasteiger partial charge is 0.256 e. The number of hydrogen-bond acceptors (Lipinski definition) is 3. The Labute approximate surface area is 118 Å². The van der Waals surface area contributed by atoms with Crippen LogP contribution in [0.1, 0.15) is 28.8 Å². The summed E-state index contributed by atoms with van der Waals surface area (Å²) in [6.07, 6.45) is 2.50. The quantitative estimate of drug-likeness (QED) is 0.802. The third-order valence-corrected chi connectivity index (χ3v) is 3.91. The molecule has 20 heavy (non-hydrogen) atoms. The van der Waals surface area contributed by atoms with Crippen molar-refractivity contribution in [3.05, 3.63) is 29.3 Å². The second-order valence-electron chi connectivity index (χ2n) is 5.26. The van der Waals surface area contributed by atoms with Gasteiger partial charge in [-0.3, -0.25) is 9.59 Å². The molecule has 0 bridgehead atoms. The highest BCUT2D eigenvalue weighted by molar-refractivity contribution is 6.00. The second kappa shape index (κ2) is 5.53. The molecule has 1 aromatic carbocycles. The molecule has 1 aromatic rings. The third kappa shape index (κ3) is 2.48. The number of fused-ring (bicyclic) bond motifs is 1. The summed E-state index contributed by atoms with van der Waals surface area (Å²) in [5, 5.41) is 6.14. The summed E-state index contributed by atoms with van der Waals surface area (Å²) in [6, 6.07) is 5.89. The van der Waals surface area contributed by atoms with Crippen molar-refractivity contribution in [3.8, 4) is 0 Å². The van der Waals surface area contributed by atoms with Gasteiger partial charge < -0.3 is 15.5 Å². The first-order valence-corrected chi connectivity index (χ1v) is 7.17. The Bertz CT molecular complexity index is 542. The highest BCUT2D eigenvalue weighted by Gasteiger charge is 2.23. The van der Waals surface area contributed by atoms with Crippen molar-refractivity contribution < 1.29 is 9.59 Å². The molecular formula is C15H19N3O2. The molecule has 0 saturated carbocycles. The lowest BCUT2D eigenvalue weighted by Crippen LogP contribution is -2.35. The van der Waals surface area contributed by atoms with E-state index in [1.54, 1.807) is 4.90 Å². The van der Waals surface area contributed by atoms with Gasteiger partial charge >= 0.3 is 0 Å². The molecular weight excluding hydrogens is 254 g/mol. The van der Waals surface area contributed by atoms with Gasteiger partial charge in [0.05, 0.1) is 11.3 Å². The zero-order valence-electron chi connectivity index (χ0n) is 11.4. The molecule has 0 unspecified atom stereocenters. The zero-order valence-corrected chi connectivity index (χ0v) is 11.4. The number of carbonyl (C=O) groups is 2. The number of benzene rings is 1. The third-order valence-electron chi connectivity index (χ3n) is 3.91. The van der Waals surface area contributed by atoms with Crippen molar-refractivity contribution in [1.82, 2.24) is 10.2 Å². The van der Waals surface area contributed by atoms with Gasteiger partial charge in [0, 0.05) is 32.6 Å². The molecule has 0 aromatic heterocycles. The van der Waals surface area contributed by atoms with Crippen LogP contribution in [0.4, 0.5) is 5.69 Å². The van der Waals surface area contributed by atoms with Crippen molar-refractivity contribution >= 4 is 17.5 Å². The lowest BCUT2D eigenvalue weighted by Gasteiger charge is -2.25. The lowest BCUT2D eigenvalue weighted by molar-refractivity contribution is -0.120. The van der Waals surface area contributed by atoms with Crippen molar-refractivity contribution in [2.75, 3.05) is 31.5 Å². The second-order valence-corrected chi connectivity index (χ2v) is 5.26. The molecule has 0 spiro atoms. The molecule has 0 atom stereocenters. The number of rotatable bonds is 1. The monoisotopic (exact) mass is 273 g/mol. The van der Waals surface area contributed by atoms with Crippen molar-refractivity contribution in [2.45, 2.75) is 19.3 Å². The Morgan fingerprint density at radius 2 is 2.00 bits per heavy atom. The van der Waals surface area contributed by atoms with E-state index in [0.717, 1.165) is 30.6 Å². The standard InChI is InChI=1S/C15H19N3O2/c19-13-6-9-18(10-8-16-13)15(20)12-5-1-3-11-4-2-7-17-14(11)12/h1,3,5,17H,2,4,6-10H2,(H,16,19). The summed E-state index contributed by atoms with van der Waals surface area (Å²) in [5.41, 5.74) is 2.93. The molecule has 0 aliphatic carbocycles. The molecule has 5 heteroatoms. The van der Waals surface area contributed by atoms with E-state index in [0.29, 0.717) is 26.1 Å². The van der Waals surface area contributed by atoms with Gasteiger partial charge in [-0.1, -0.05) is 12.1 Å². The normalized spacial score (nSPS) is 18.6. The SMILES string of the molecule is O=C1CCN(C(=O)c2cccc3c2NCCC3)CCN1. The van der Waals surface area contributed by atoms with E-state index in [9.17, 15) is 9.59 Å². The van der Waals surface area contributed by atoms with Crippen LogP contribution in [0, 0.1) is 0 Å². The molecule has 0 radical (unpaired) electrons. The Balaban J connectivity index is 1.85. The first kappa shape index (κ1) is 13.0. The van der Waals surface area contributed by atoms with Gasteiger partial charge in [-0.25, -0.2) is 0 Å². The predicted molar refractivity (Wildman–Crippen MR) is 76.8 cm³/mol. The van der Waals surface area contributed by atoms with E-state index in [4.69, 9.17) is 0 Å². The molecule has 2 aliphatic heterocycles. The van der Waals surface area contributed by atoms with Crippen LogP contribution in [0.15, 0.2) is 18.2 Å². The van der Waals surface area contributed by atoms with Crippen LogP contribution >= 0.6 is 0 Å². The lowest BCUT2D eigenvalue weighted by atomic mass is 9.98. The molecule has 3 rings (SSSR count). The van der Waals surface area contributed by atoms with E-state index in [1.165, 1.54) is 5.56 Å². The van der Waals surface area contributed by atoms with Crippen LogP contribution < -0.4 is 10.6 Å². The van der Waals surface area contributed by atoms with Crippen molar-refractivity contribution in [3.63, 3.8) is 0 Å². The van der Waals surface area contributed by atoms with Crippen LogP contribution in [0.5, 0.6) is 0 Å². The molecule has 1 fully saturated rings. The Morgan fingerprint density at radius 3 is 2.90 bits per heavy atom. The highest BCUT2D eigenvalue weighted by Crippen LogP contribution is 2.27. The van der Waals surface area contributed by atoms with E-state index >= 15 is 0 Å². The van der Waals surface area contributed by atoms with E-state index in [1.807, 2.05) is 12.1 Å². The maximum Gasteiger partial charge on any atom is 0.256 e. The number of amides is 2. The Morgan fingerprint density at radius 1 is 1.10 bits per heavy atom. The minimum absolute atomic E-state index is 0.0211. The maximum absolute atomic E-state index is 12.7. The van der Waals surface area contributed by atoms with Gasteiger partial charge in [0.25, 0.3) is 5.91 Å². The van der Waals surface area contributed by atoms with Gasteiger partial charge in [0.1, 0.15) is 0 Å². The minimum atomic E-state index is 0.0211. The molecule has 2 amide bonds. The summed E-state index contributed by atoms with van der Waals surface area (Å²) in [6.45, 7) is 2.52. The Hall–Kier alpha value is -2.04. The summed E-state index contributed by atoms with van der Waals surface area (Å²) >= 11 is 0. The molecule has 2 heterocycles. The van der Waals surface area contributed by atoms with Crippen LogP contribution in [-0.2, 0) is 11.2 Å². The predicted octanol–water partition coefficient (Wildman–Crippen LogP) is 1.01. The average Bonchev–Trinajstić information content (AvgIpc) is 2.71. The fourth-order valence-corrected chi connectivity index (χ4v) is 2.83. The largest absolute Gasteiger partial charge is 0.384 e. The topological polar surface area (TPSA) is 61.4 Å². The molecule has 2 N–H and O–H groups in total. The summed E-state index contributed by atoms with van der Waals surface area (Å²) in [5.74, 6) is 0.0428. The van der Waals surface area contributed by atoms with Crippen molar-refractivity contribution in [1.29, 1.82) is 0 Å². The van der Waals surface area contributed by atoms with Gasteiger partial charge in [-0.2, -0.15) is 0 Å². The van der Waals surface area contributed by atoms with E-state index in [2.05, 4.69) is 16.7 Å². The zero-order chi connectivity index (χ0) is 13.9. The maximum atomic E-state index is 12.7. The number of para-hydroxylation sites is 1. The average molecular weight is 273 g/mol. The molecule has 106 valence electrons. The number of nitrogens with zero attached hydrogens (tertiary/aromatic N) is 1. The molecule has 5 nitrogen and oxygen atoms in total. The Kier molecular flexibility index (Phi) is 3.58. The van der Waals surface area contributed by atoms with Gasteiger partial charge in [-0.05, 0) is 24.5 Å². The van der Waals surface area contributed by atoms with Crippen LogP contribution in [0.3, 0.4) is 0 Å². The number of carbonyl (C=O) groups excluding carboxylic acids is 2. The van der Waals surface area contributed by atoms with Gasteiger partial charge in [0.2, 0.25) is 5.91 Å². The summed E-state index contributed by atoms with van der Waals surface area (Å²) in [4.78, 5) is 25.8. The fraction of sp³-hybridized carbons (Fsp3) is 0.467. The van der Waals surface area contributed by atoms with Crippen LogP contribution in [0.2, 0.25) is 0 Å². The van der Waals surface area contributed by atoms with Crippen molar-refractivity contribution in [2.24, 2.45) is 0 Å². The highest BCUT2D eigenvalue weighted by atomic mass is 16.2. The first-order chi connectivity index (χ1) is 9.75. The number of anilines is 1. The number of aryl methyl sites for hydroxylation is 1. The summed E-state index contributed by atoms with van der Waals surface area (Å²) in [7, 11) is 0. The molecule has 2 aliphatic rings. The van der Waals surface area contributed by atoms with Gasteiger partial charge in [-0.15, -0.1) is 0 Å². The minimum Gasteiger partial charge on any atom is -0.384 e.